The number of nitro groups is 1. The SMILES string of the molecule is COC(=O)c1cc(NC(=O)c2ccc(Cl)c([N+](=O)[O-])c2)cc(C(=O)OC)c1. The molecule has 0 spiro atoms. The molecular formula is C17H13ClN2O7. The topological polar surface area (TPSA) is 125 Å². The van der Waals surface area contributed by atoms with Crippen LogP contribution in [0.3, 0.4) is 0 Å². The van der Waals surface area contributed by atoms with Crippen molar-refractivity contribution in [3.8, 4) is 0 Å². The molecule has 0 heterocycles. The van der Waals surface area contributed by atoms with Gasteiger partial charge in [-0.3, -0.25) is 14.9 Å². The average molecular weight is 393 g/mol. The van der Waals surface area contributed by atoms with Crippen molar-refractivity contribution in [1.82, 2.24) is 0 Å². The van der Waals surface area contributed by atoms with Crippen LogP contribution in [-0.2, 0) is 9.47 Å². The van der Waals surface area contributed by atoms with Gasteiger partial charge in [0.05, 0.1) is 30.3 Å². The van der Waals surface area contributed by atoms with Crippen LogP contribution in [0.25, 0.3) is 0 Å². The van der Waals surface area contributed by atoms with Gasteiger partial charge in [0.2, 0.25) is 0 Å². The molecule has 1 amide bonds. The summed E-state index contributed by atoms with van der Waals surface area (Å²) in [5, 5.41) is 13.3. The molecule has 0 atom stereocenters. The van der Waals surface area contributed by atoms with Crippen molar-refractivity contribution in [3.05, 3.63) is 68.2 Å². The molecule has 1 N–H and O–H groups in total. The van der Waals surface area contributed by atoms with Gasteiger partial charge in [0.15, 0.2) is 0 Å². The molecule has 140 valence electrons. The van der Waals surface area contributed by atoms with Gasteiger partial charge in [0.25, 0.3) is 11.6 Å². The Balaban J connectivity index is 2.39. The van der Waals surface area contributed by atoms with E-state index in [4.69, 9.17) is 11.6 Å². The van der Waals surface area contributed by atoms with Gasteiger partial charge in [-0.1, -0.05) is 11.6 Å². The minimum Gasteiger partial charge on any atom is -0.465 e. The molecule has 10 heteroatoms. The zero-order valence-corrected chi connectivity index (χ0v) is 14.9. The number of nitro benzene ring substituents is 1. The van der Waals surface area contributed by atoms with Gasteiger partial charge >= 0.3 is 11.9 Å². The number of amides is 1. The van der Waals surface area contributed by atoms with Crippen LogP contribution in [0.15, 0.2) is 36.4 Å². The first kappa shape index (κ1) is 19.9. The number of nitrogens with zero attached hydrogens (tertiary/aromatic N) is 1. The molecule has 0 saturated carbocycles. The van der Waals surface area contributed by atoms with Crippen LogP contribution in [0.2, 0.25) is 5.02 Å². The van der Waals surface area contributed by atoms with E-state index in [2.05, 4.69) is 14.8 Å². The van der Waals surface area contributed by atoms with Gasteiger partial charge < -0.3 is 14.8 Å². The summed E-state index contributed by atoms with van der Waals surface area (Å²) in [5.74, 6) is -2.15. The van der Waals surface area contributed by atoms with E-state index in [1.165, 1.54) is 30.3 Å². The summed E-state index contributed by atoms with van der Waals surface area (Å²) >= 11 is 5.72. The van der Waals surface area contributed by atoms with Crippen LogP contribution in [0.1, 0.15) is 31.1 Å². The Labute approximate surface area is 158 Å². The third-order valence-corrected chi connectivity index (χ3v) is 3.76. The number of methoxy groups -OCH3 is 2. The number of anilines is 1. The lowest BCUT2D eigenvalue weighted by Gasteiger charge is -2.10. The molecule has 0 bridgehead atoms. The van der Waals surface area contributed by atoms with E-state index in [1.54, 1.807) is 0 Å². The van der Waals surface area contributed by atoms with Crippen molar-refractivity contribution in [3.63, 3.8) is 0 Å². The van der Waals surface area contributed by atoms with E-state index in [0.717, 1.165) is 20.3 Å². The Hall–Kier alpha value is -3.46. The molecule has 0 fully saturated rings. The van der Waals surface area contributed by atoms with Gasteiger partial charge in [-0.2, -0.15) is 0 Å². The Bertz CT molecular complexity index is 909. The molecule has 9 nitrogen and oxygen atoms in total. The maximum atomic E-state index is 12.4. The van der Waals surface area contributed by atoms with Crippen molar-refractivity contribution in [2.24, 2.45) is 0 Å². The number of halogens is 1. The molecule has 0 aliphatic rings. The quantitative estimate of drug-likeness (QED) is 0.470. The molecule has 2 rings (SSSR count). The minimum absolute atomic E-state index is 0.0118. The number of hydrogen-bond donors (Lipinski definition) is 1. The Kier molecular flexibility index (Phi) is 6.09. The number of nitrogens with one attached hydrogen (secondary N) is 1. The summed E-state index contributed by atoms with van der Waals surface area (Å²) in [6.07, 6.45) is 0. The highest BCUT2D eigenvalue weighted by Gasteiger charge is 2.18. The third-order valence-electron chi connectivity index (χ3n) is 3.44. The first-order valence-electron chi connectivity index (χ1n) is 7.33. The van der Waals surface area contributed by atoms with Crippen LogP contribution in [0, 0.1) is 10.1 Å². The molecule has 0 unspecified atom stereocenters. The second-order valence-electron chi connectivity index (χ2n) is 5.16. The Morgan fingerprint density at radius 2 is 1.52 bits per heavy atom. The monoisotopic (exact) mass is 392 g/mol. The number of rotatable bonds is 5. The van der Waals surface area contributed by atoms with E-state index in [0.29, 0.717) is 0 Å². The number of benzene rings is 2. The molecule has 0 aliphatic heterocycles. The predicted octanol–water partition coefficient (Wildman–Crippen LogP) is 3.07. The van der Waals surface area contributed by atoms with E-state index < -0.39 is 28.5 Å². The van der Waals surface area contributed by atoms with Crippen molar-refractivity contribution in [2.75, 3.05) is 19.5 Å². The predicted molar refractivity (Wildman–Crippen MR) is 95.2 cm³/mol. The number of hydrogen-bond acceptors (Lipinski definition) is 7. The molecule has 0 radical (unpaired) electrons. The Morgan fingerprint density at radius 3 is 2.00 bits per heavy atom. The summed E-state index contributed by atoms with van der Waals surface area (Å²) in [6.45, 7) is 0. The third kappa shape index (κ3) is 4.59. The van der Waals surface area contributed by atoms with Gasteiger partial charge in [-0.05, 0) is 30.3 Å². The van der Waals surface area contributed by atoms with Crippen molar-refractivity contribution < 1.29 is 28.8 Å². The molecule has 0 aliphatic carbocycles. The summed E-state index contributed by atoms with van der Waals surface area (Å²) in [4.78, 5) is 46.2. The van der Waals surface area contributed by atoms with Gasteiger partial charge in [-0.15, -0.1) is 0 Å². The lowest BCUT2D eigenvalue weighted by atomic mass is 10.1. The van der Waals surface area contributed by atoms with Crippen molar-refractivity contribution >= 4 is 40.8 Å². The zero-order chi connectivity index (χ0) is 20.1. The molecular weight excluding hydrogens is 380 g/mol. The van der Waals surface area contributed by atoms with Crippen LogP contribution in [0.5, 0.6) is 0 Å². The van der Waals surface area contributed by atoms with Crippen LogP contribution in [0.4, 0.5) is 11.4 Å². The fraction of sp³-hybridized carbons (Fsp3) is 0.118. The fourth-order valence-electron chi connectivity index (χ4n) is 2.17. The number of esters is 2. The molecule has 0 saturated heterocycles. The highest BCUT2D eigenvalue weighted by molar-refractivity contribution is 6.32. The minimum atomic E-state index is -0.724. The fourth-order valence-corrected chi connectivity index (χ4v) is 2.35. The first-order valence-corrected chi connectivity index (χ1v) is 7.71. The number of carbonyl (C=O) groups excluding carboxylic acids is 3. The molecule has 2 aromatic rings. The normalized spacial score (nSPS) is 10.0. The van der Waals surface area contributed by atoms with E-state index in [-0.39, 0.29) is 27.4 Å². The second-order valence-corrected chi connectivity index (χ2v) is 5.57. The van der Waals surface area contributed by atoms with Gasteiger partial charge in [0.1, 0.15) is 5.02 Å². The summed E-state index contributed by atoms with van der Waals surface area (Å²) in [6, 6.07) is 7.37. The van der Waals surface area contributed by atoms with Gasteiger partial charge in [-0.25, -0.2) is 9.59 Å². The van der Waals surface area contributed by atoms with Crippen LogP contribution >= 0.6 is 11.6 Å². The second kappa shape index (κ2) is 8.28. The molecule has 0 aromatic heterocycles. The Morgan fingerprint density at radius 1 is 0.963 bits per heavy atom. The van der Waals surface area contributed by atoms with Gasteiger partial charge in [0, 0.05) is 17.3 Å². The maximum absolute atomic E-state index is 12.4. The molecule has 27 heavy (non-hydrogen) atoms. The highest BCUT2D eigenvalue weighted by Crippen LogP contribution is 2.26. The zero-order valence-electron chi connectivity index (χ0n) is 14.1. The number of carbonyl (C=O) groups is 3. The summed E-state index contributed by atoms with van der Waals surface area (Å²) < 4.78 is 9.22. The first-order chi connectivity index (χ1) is 12.8. The number of ether oxygens (including phenoxy) is 2. The summed E-state index contributed by atoms with van der Waals surface area (Å²) in [7, 11) is 2.33. The average Bonchev–Trinajstić information content (AvgIpc) is 2.66. The maximum Gasteiger partial charge on any atom is 0.337 e. The molecule has 2 aromatic carbocycles. The largest absolute Gasteiger partial charge is 0.465 e. The van der Waals surface area contributed by atoms with E-state index in [1.807, 2.05) is 0 Å². The van der Waals surface area contributed by atoms with Crippen LogP contribution in [-0.4, -0.2) is 37.0 Å². The lowest BCUT2D eigenvalue weighted by molar-refractivity contribution is -0.384. The van der Waals surface area contributed by atoms with E-state index >= 15 is 0 Å². The van der Waals surface area contributed by atoms with Crippen molar-refractivity contribution in [2.45, 2.75) is 0 Å². The summed E-state index contributed by atoms with van der Waals surface area (Å²) in [5.41, 5.74) is -0.339. The van der Waals surface area contributed by atoms with Crippen LogP contribution < -0.4 is 5.32 Å². The van der Waals surface area contributed by atoms with Crippen molar-refractivity contribution in [1.29, 1.82) is 0 Å². The standard InChI is InChI=1S/C17H13ClN2O7/c1-26-16(22)10-5-11(17(23)27-2)7-12(6-10)19-15(21)9-3-4-13(18)14(8-9)20(24)25/h3-8H,1-2H3,(H,19,21). The lowest BCUT2D eigenvalue weighted by Crippen LogP contribution is -2.14. The highest BCUT2D eigenvalue weighted by atomic mass is 35.5. The van der Waals surface area contributed by atoms with E-state index in [9.17, 15) is 24.5 Å². The smallest absolute Gasteiger partial charge is 0.337 e.